The van der Waals surface area contributed by atoms with Crippen LogP contribution in [0.15, 0.2) is 40.2 Å². The maximum atomic E-state index is 12.4. The van der Waals surface area contributed by atoms with Gasteiger partial charge in [-0.1, -0.05) is 56.3 Å². The van der Waals surface area contributed by atoms with E-state index in [-0.39, 0.29) is 10.6 Å². The molecule has 1 aromatic carbocycles. The number of hydrogen-bond donors (Lipinski definition) is 0. The number of benzene rings is 1. The molecule has 28 heavy (non-hydrogen) atoms. The topological polar surface area (TPSA) is 44.1 Å². The van der Waals surface area contributed by atoms with Crippen LogP contribution in [0.2, 0.25) is 5.02 Å². The molecule has 0 fully saturated rings. The third-order valence-electron chi connectivity index (χ3n) is 4.36. The van der Waals surface area contributed by atoms with Crippen LogP contribution in [0.4, 0.5) is 0 Å². The molecule has 0 aliphatic rings. The summed E-state index contributed by atoms with van der Waals surface area (Å²) in [6, 6.07) is 8.10. The van der Waals surface area contributed by atoms with E-state index in [0.29, 0.717) is 4.90 Å². The molecule has 0 aliphatic carbocycles. The van der Waals surface area contributed by atoms with Crippen LogP contribution >= 0.6 is 23.4 Å². The number of ether oxygens (including phenoxy) is 1. The fourth-order valence-electron chi connectivity index (χ4n) is 2.73. The third kappa shape index (κ3) is 6.85. The predicted octanol–water partition coefficient (Wildman–Crippen LogP) is 6.29. The first-order valence-electron chi connectivity index (χ1n) is 9.95. The van der Waals surface area contributed by atoms with Gasteiger partial charge in [0.15, 0.2) is 0 Å². The first-order chi connectivity index (χ1) is 13.3. The molecule has 0 unspecified atom stereocenters. The molecule has 0 amide bonds. The lowest BCUT2D eigenvalue weighted by Gasteiger charge is -2.21. The molecule has 1 aromatic heterocycles. The first kappa shape index (κ1) is 22.8. The second kappa shape index (κ2) is 10.9. The Hall–Kier alpha value is -1.46. The number of nitrogens with zero attached hydrogens (tertiary/aromatic N) is 2. The summed E-state index contributed by atoms with van der Waals surface area (Å²) < 4.78 is 7.23. The Morgan fingerprint density at radius 3 is 2.43 bits per heavy atom. The lowest BCUT2D eigenvalue weighted by atomic mass is 10.1. The third-order valence-corrected chi connectivity index (χ3v) is 5.93. The fourth-order valence-corrected chi connectivity index (χ4v) is 3.88. The SMILES string of the molecule is CCCCCCCOc1ccc(CSc2cnn(C(C)(C)C)c(=O)c2Cl)cc1. The van der Waals surface area contributed by atoms with E-state index in [1.165, 1.54) is 42.1 Å². The maximum absolute atomic E-state index is 12.4. The van der Waals surface area contributed by atoms with Gasteiger partial charge in [-0.3, -0.25) is 4.79 Å². The Labute approximate surface area is 177 Å². The highest BCUT2D eigenvalue weighted by Crippen LogP contribution is 2.28. The molecule has 1 heterocycles. The number of hydrogen-bond acceptors (Lipinski definition) is 4. The van der Waals surface area contributed by atoms with Gasteiger partial charge in [-0.25, -0.2) is 4.68 Å². The zero-order valence-corrected chi connectivity index (χ0v) is 18.9. The van der Waals surface area contributed by atoms with E-state index >= 15 is 0 Å². The molecule has 2 aromatic rings. The van der Waals surface area contributed by atoms with Crippen LogP contribution in [0, 0.1) is 0 Å². The standard InChI is InChI=1S/C22H31ClN2O2S/c1-5-6-7-8-9-14-27-18-12-10-17(11-13-18)16-28-19-15-24-25(22(2,3)4)21(26)20(19)23/h10-13,15H,5-9,14,16H2,1-4H3. The van der Waals surface area contributed by atoms with Crippen molar-refractivity contribution in [2.75, 3.05) is 6.61 Å². The van der Waals surface area contributed by atoms with E-state index in [1.807, 2.05) is 32.9 Å². The highest BCUT2D eigenvalue weighted by Gasteiger charge is 2.19. The summed E-state index contributed by atoms with van der Waals surface area (Å²) in [5, 5.41) is 4.51. The molecule has 0 N–H and O–H groups in total. The van der Waals surface area contributed by atoms with E-state index in [2.05, 4.69) is 24.2 Å². The molecule has 0 saturated heterocycles. The zero-order valence-electron chi connectivity index (χ0n) is 17.3. The molecule has 0 spiro atoms. The van der Waals surface area contributed by atoms with Gasteiger partial charge in [-0.15, -0.1) is 11.8 Å². The maximum Gasteiger partial charge on any atom is 0.287 e. The van der Waals surface area contributed by atoms with Crippen molar-refractivity contribution in [2.45, 2.75) is 76.0 Å². The Balaban J connectivity index is 1.86. The minimum absolute atomic E-state index is 0.234. The average molecular weight is 423 g/mol. The van der Waals surface area contributed by atoms with Gasteiger partial charge >= 0.3 is 0 Å². The summed E-state index contributed by atoms with van der Waals surface area (Å²) in [5.74, 6) is 1.62. The van der Waals surface area contributed by atoms with Crippen LogP contribution in [-0.4, -0.2) is 16.4 Å². The normalized spacial score (nSPS) is 11.6. The van der Waals surface area contributed by atoms with Crippen LogP contribution in [-0.2, 0) is 11.3 Å². The first-order valence-corrected chi connectivity index (χ1v) is 11.3. The fraction of sp³-hybridized carbons (Fsp3) is 0.545. The molecule has 0 aliphatic heterocycles. The van der Waals surface area contributed by atoms with Gasteiger partial charge in [-0.05, 0) is 44.9 Å². The second-order valence-corrected chi connectivity index (χ2v) is 9.30. The molecular weight excluding hydrogens is 392 g/mol. The summed E-state index contributed by atoms with van der Waals surface area (Å²) in [6.07, 6.45) is 7.85. The highest BCUT2D eigenvalue weighted by atomic mass is 35.5. The minimum Gasteiger partial charge on any atom is -0.494 e. The van der Waals surface area contributed by atoms with Gasteiger partial charge in [0.2, 0.25) is 0 Å². The van der Waals surface area contributed by atoms with Crippen molar-refractivity contribution in [2.24, 2.45) is 0 Å². The largest absolute Gasteiger partial charge is 0.494 e. The molecule has 0 atom stereocenters. The number of thioether (sulfide) groups is 1. The monoisotopic (exact) mass is 422 g/mol. The zero-order chi connectivity index (χ0) is 20.6. The molecule has 0 saturated carbocycles. The van der Waals surface area contributed by atoms with Crippen molar-refractivity contribution in [3.8, 4) is 5.75 Å². The predicted molar refractivity (Wildman–Crippen MR) is 119 cm³/mol. The summed E-state index contributed by atoms with van der Waals surface area (Å²) >= 11 is 7.80. The summed E-state index contributed by atoms with van der Waals surface area (Å²) in [7, 11) is 0. The quantitative estimate of drug-likeness (QED) is 0.333. The lowest BCUT2D eigenvalue weighted by Crippen LogP contribution is -2.36. The van der Waals surface area contributed by atoms with Gasteiger partial charge in [0, 0.05) is 5.75 Å². The highest BCUT2D eigenvalue weighted by molar-refractivity contribution is 7.98. The number of unbranched alkanes of at least 4 members (excludes halogenated alkanes) is 4. The van der Waals surface area contributed by atoms with E-state index in [4.69, 9.17) is 16.3 Å². The van der Waals surface area contributed by atoms with Crippen molar-refractivity contribution in [3.05, 3.63) is 51.4 Å². The van der Waals surface area contributed by atoms with Crippen LogP contribution in [0.1, 0.15) is 65.4 Å². The van der Waals surface area contributed by atoms with Crippen LogP contribution in [0.3, 0.4) is 0 Å². The Bertz CT molecular complexity index is 798. The van der Waals surface area contributed by atoms with Crippen LogP contribution < -0.4 is 10.3 Å². The number of rotatable bonds is 10. The molecule has 4 nitrogen and oxygen atoms in total. The molecule has 154 valence electrons. The van der Waals surface area contributed by atoms with Crippen LogP contribution in [0.25, 0.3) is 0 Å². The molecule has 6 heteroatoms. The van der Waals surface area contributed by atoms with Crippen molar-refractivity contribution < 1.29 is 4.74 Å². The lowest BCUT2D eigenvalue weighted by molar-refractivity contribution is 0.304. The van der Waals surface area contributed by atoms with E-state index in [9.17, 15) is 4.79 Å². The van der Waals surface area contributed by atoms with Crippen molar-refractivity contribution in [1.29, 1.82) is 0 Å². The van der Waals surface area contributed by atoms with Crippen molar-refractivity contribution >= 4 is 23.4 Å². The summed E-state index contributed by atoms with van der Waals surface area (Å²) in [5.41, 5.74) is 0.508. The number of aromatic nitrogens is 2. The van der Waals surface area contributed by atoms with Gasteiger partial charge < -0.3 is 4.74 Å². The van der Waals surface area contributed by atoms with Gasteiger partial charge in [0.05, 0.1) is 23.2 Å². The van der Waals surface area contributed by atoms with Crippen molar-refractivity contribution in [1.82, 2.24) is 9.78 Å². The molecular formula is C22H31ClN2O2S. The molecule has 0 radical (unpaired) electrons. The Morgan fingerprint density at radius 2 is 1.79 bits per heavy atom. The van der Waals surface area contributed by atoms with Gasteiger partial charge in [0.1, 0.15) is 10.8 Å². The van der Waals surface area contributed by atoms with E-state index < -0.39 is 5.54 Å². The van der Waals surface area contributed by atoms with E-state index in [0.717, 1.165) is 30.1 Å². The smallest absolute Gasteiger partial charge is 0.287 e. The van der Waals surface area contributed by atoms with E-state index in [1.54, 1.807) is 6.20 Å². The minimum atomic E-state index is -0.393. The molecule has 2 rings (SSSR count). The van der Waals surface area contributed by atoms with Gasteiger partial charge in [0.25, 0.3) is 5.56 Å². The van der Waals surface area contributed by atoms with Crippen molar-refractivity contribution in [3.63, 3.8) is 0 Å². The summed E-state index contributed by atoms with van der Waals surface area (Å²) in [6.45, 7) is 8.78. The molecule has 0 bridgehead atoms. The number of halogens is 1. The average Bonchev–Trinajstić information content (AvgIpc) is 2.65. The van der Waals surface area contributed by atoms with Crippen LogP contribution in [0.5, 0.6) is 5.75 Å². The van der Waals surface area contributed by atoms with Gasteiger partial charge in [-0.2, -0.15) is 5.10 Å². The Morgan fingerprint density at radius 1 is 1.11 bits per heavy atom. The second-order valence-electron chi connectivity index (χ2n) is 7.91. The Kier molecular flexibility index (Phi) is 8.90. The summed E-state index contributed by atoms with van der Waals surface area (Å²) in [4.78, 5) is 13.1.